The van der Waals surface area contributed by atoms with Crippen LogP contribution in [-0.2, 0) is 10.2 Å². The molecule has 7 rings (SSSR count). The van der Waals surface area contributed by atoms with Crippen LogP contribution in [0.25, 0.3) is 6.08 Å². The molecule has 0 aromatic heterocycles. The molecule has 3 aliphatic heterocycles. The summed E-state index contributed by atoms with van der Waals surface area (Å²) >= 11 is 6.58. The van der Waals surface area contributed by atoms with E-state index in [4.69, 9.17) is 21.1 Å². The summed E-state index contributed by atoms with van der Waals surface area (Å²) in [4.78, 5) is 46.1. The number of hydrogen-bond acceptors (Lipinski definition) is 6. The number of ketones is 2. The molecule has 4 aromatic carbocycles. The van der Waals surface area contributed by atoms with E-state index in [0.717, 1.165) is 11.1 Å². The first-order valence-corrected chi connectivity index (χ1v) is 14.3. The van der Waals surface area contributed by atoms with Crippen LogP contribution in [0.5, 0.6) is 11.5 Å². The van der Waals surface area contributed by atoms with Crippen molar-refractivity contribution in [1.29, 1.82) is 0 Å². The zero-order valence-electron chi connectivity index (χ0n) is 23.4. The summed E-state index contributed by atoms with van der Waals surface area (Å²) in [6.07, 6.45) is 3.76. The van der Waals surface area contributed by atoms with Gasteiger partial charge in [-0.1, -0.05) is 66.2 Å². The lowest BCUT2D eigenvalue weighted by molar-refractivity contribution is -0.122. The smallest absolute Gasteiger partial charge is 0.238 e. The first kappa shape index (κ1) is 27.0. The number of ether oxygens (including phenoxy) is 2. The van der Waals surface area contributed by atoms with E-state index in [-0.39, 0.29) is 28.1 Å². The summed E-state index contributed by atoms with van der Waals surface area (Å²) in [7, 11) is 3.01. The highest BCUT2D eigenvalue weighted by atomic mass is 35.5. The molecule has 0 saturated carbocycles. The largest absolute Gasteiger partial charge is 0.493 e. The second kappa shape index (κ2) is 10.1. The summed E-state index contributed by atoms with van der Waals surface area (Å²) in [6.45, 7) is 0. The van der Waals surface area contributed by atoms with Crippen molar-refractivity contribution in [1.82, 2.24) is 4.90 Å². The highest BCUT2D eigenvalue weighted by Gasteiger charge is 2.70. The molecule has 4 aromatic rings. The Hall–Kier alpha value is -4.88. The van der Waals surface area contributed by atoms with Gasteiger partial charge in [-0.3, -0.25) is 14.4 Å². The lowest BCUT2D eigenvalue weighted by Crippen LogP contribution is -2.49. The van der Waals surface area contributed by atoms with Gasteiger partial charge in [0.25, 0.3) is 0 Å². The molecule has 0 unspecified atom stereocenters. The van der Waals surface area contributed by atoms with Crippen LogP contribution in [0.4, 0.5) is 5.69 Å². The molecule has 43 heavy (non-hydrogen) atoms. The van der Waals surface area contributed by atoms with Crippen molar-refractivity contribution in [3.63, 3.8) is 0 Å². The van der Waals surface area contributed by atoms with Gasteiger partial charge in [0.05, 0.1) is 31.2 Å². The van der Waals surface area contributed by atoms with Gasteiger partial charge in [-0.2, -0.15) is 0 Å². The maximum atomic E-state index is 15.0. The number of amides is 1. The van der Waals surface area contributed by atoms with E-state index in [1.165, 1.54) is 14.2 Å². The first-order chi connectivity index (χ1) is 20.9. The van der Waals surface area contributed by atoms with Gasteiger partial charge in [-0.15, -0.1) is 0 Å². The van der Waals surface area contributed by atoms with Crippen LogP contribution in [0.2, 0.25) is 5.02 Å². The highest BCUT2D eigenvalue weighted by Crippen LogP contribution is 2.62. The molecule has 1 amide bonds. The Labute approximate surface area is 253 Å². The topological polar surface area (TPSA) is 84.9 Å². The van der Waals surface area contributed by atoms with Crippen LogP contribution in [0, 0.1) is 5.92 Å². The van der Waals surface area contributed by atoms with E-state index in [1.54, 1.807) is 42.5 Å². The van der Waals surface area contributed by atoms with E-state index in [1.807, 2.05) is 65.7 Å². The molecular formula is C35H27ClN2O5. The van der Waals surface area contributed by atoms with E-state index < -0.39 is 23.4 Å². The number of benzene rings is 4. The molecule has 8 heteroatoms. The third-order valence-electron chi connectivity index (χ3n) is 8.93. The van der Waals surface area contributed by atoms with Gasteiger partial charge in [-0.25, -0.2) is 0 Å². The predicted molar refractivity (Wildman–Crippen MR) is 164 cm³/mol. The van der Waals surface area contributed by atoms with Crippen molar-refractivity contribution in [2.75, 3.05) is 19.5 Å². The summed E-state index contributed by atoms with van der Waals surface area (Å²) in [6, 6.07) is 25.2. The number of nitrogens with one attached hydrogen (secondary N) is 1. The molecule has 4 atom stereocenters. The Morgan fingerprint density at radius 1 is 0.860 bits per heavy atom. The number of Topliss-reactive ketones (excluding diaryl/α,β-unsaturated/α-hetero) is 2. The molecule has 214 valence electrons. The minimum Gasteiger partial charge on any atom is -0.493 e. The Morgan fingerprint density at radius 2 is 1.58 bits per heavy atom. The first-order valence-electron chi connectivity index (χ1n) is 13.9. The van der Waals surface area contributed by atoms with Crippen LogP contribution in [0.15, 0.2) is 97.2 Å². The Morgan fingerprint density at radius 3 is 2.37 bits per heavy atom. The van der Waals surface area contributed by atoms with Gasteiger partial charge in [0.2, 0.25) is 5.91 Å². The lowest BCUT2D eigenvalue weighted by Gasteiger charge is -2.38. The summed E-state index contributed by atoms with van der Waals surface area (Å²) < 4.78 is 10.9. The van der Waals surface area contributed by atoms with Crippen LogP contribution in [0.3, 0.4) is 0 Å². The van der Waals surface area contributed by atoms with Gasteiger partial charge in [0.15, 0.2) is 23.1 Å². The number of carbonyl (C=O) groups is 3. The van der Waals surface area contributed by atoms with Crippen molar-refractivity contribution in [3.05, 3.63) is 130 Å². The number of hydrogen-bond donors (Lipinski definition) is 1. The molecule has 7 nitrogen and oxygen atoms in total. The van der Waals surface area contributed by atoms with E-state index >= 15 is 4.79 Å². The number of para-hydroxylation sites is 1. The minimum absolute atomic E-state index is 0.278. The van der Waals surface area contributed by atoms with E-state index in [0.29, 0.717) is 28.3 Å². The van der Waals surface area contributed by atoms with Crippen LogP contribution < -0.4 is 14.8 Å². The SMILES string of the molecule is COc1ccc(C(=O)[C@@H]2[C@H](C(=O)c3ccccc3Cl)N3C=Cc4ccccc4[C@H]3[C@]23C(=O)Nc2ccccc23)cc1OC. The Bertz CT molecular complexity index is 1850. The number of nitrogens with zero attached hydrogens (tertiary/aromatic N) is 1. The van der Waals surface area contributed by atoms with Gasteiger partial charge in [-0.05, 0) is 59.2 Å². The second-order valence-electron chi connectivity index (χ2n) is 10.9. The second-order valence-corrected chi connectivity index (χ2v) is 11.3. The molecule has 3 heterocycles. The molecule has 0 radical (unpaired) electrons. The molecule has 0 bridgehead atoms. The average Bonchev–Trinajstić information content (AvgIpc) is 3.52. The van der Waals surface area contributed by atoms with Crippen molar-refractivity contribution in [2.45, 2.75) is 17.5 Å². The maximum absolute atomic E-state index is 15.0. The fourth-order valence-corrected chi connectivity index (χ4v) is 7.39. The quantitative estimate of drug-likeness (QED) is 0.264. The standard InChI is InChI=1S/C35H27ClN2O5/c1-42-27-16-15-21(19-28(27)43-2)31(39)29-30(32(40)23-11-5-7-13-25(23)36)38-18-17-20-9-3-4-10-22(20)33(38)35(29)24-12-6-8-14-26(24)37-34(35)41/h3-19,29-30,33H,1-2H3,(H,37,41)/t29-,30+,33-,35+/m0/s1. The molecular weight excluding hydrogens is 564 g/mol. The summed E-state index contributed by atoms with van der Waals surface area (Å²) in [5.74, 6) is -1.33. The lowest BCUT2D eigenvalue weighted by atomic mass is 9.62. The molecule has 1 saturated heterocycles. The number of rotatable bonds is 6. The van der Waals surface area contributed by atoms with Gasteiger partial charge in [0.1, 0.15) is 11.5 Å². The van der Waals surface area contributed by atoms with E-state index in [9.17, 15) is 9.59 Å². The zero-order valence-corrected chi connectivity index (χ0v) is 24.2. The third-order valence-corrected chi connectivity index (χ3v) is 9.26. The zero-order chi connectivity index (χ0) is 29.9. The van der Waals surface area contributed by atoms with Gasteiger partial charge in [0, 0.05) is 23.0 Å². The van der Waals surface area contributed by atoms with Gasteiger partial charge >= 0.3 is 0 Å². The Balaban J connectivity index is 1.54. The van der Waals surface area contributed by atoms with Crippen molar-refractivity contribution >= 4 is 40.8 Å². The molecule has 1 fully saturated rings. The Kier molecular flexibility index (Phi) is 6.36. The maximum Gasteiger partial charge on any atom is 0.238 e. The fraction of sp³-hybridized carbons (Fsp3) is 0.171. The van der Waals surface area contributed by atoms with Gasteiger partial charge < -0.3 is 19.7 Å². The number of halogens is 1. The monoisotopic (exact) mass is 590 g/mol. The number of carbonyl (C=O) groups excluding carboxylic acids is 3. The minimum atomic E-state index is -1.44. The van der Waals surface area contributed by atoms with E-state index in [2.05, 4.69) is 5.32 Å². The summed E-state index contributed by atoms with van der Waals surface area (Å²) in [5.41, 5.74) is 2.22. The van der Waals surface area contributed by atoms with Crippen molar-refractivity contribution < 1.29 is 23.9 Å². The predicted octanol–water partition coefficient (Wildman–Crippen LogP) is 6.34. The van der Waals surface area contributed by atoms with Crippen LogP contribution in [0.1, 0.15) is 43.4 Å². The number of anilines is 1. The summed E-state index contributed by atoms with van der Waals surface area (Å²) in [5, 5.41) is 3.34. The normalized spacial score (nSPS) is 22.9. The molecule has 0 aliphatic carbocycles. The fourth-order valence-electron chi connectivity index (χ4n) is 7.16. The van der Waals surface area contributed by atoms with Crippen molar-refractivity contribution in [2.24, 2.45) is 5.92 Å². The molecule has 1 spiro atoms. The number of fused-ring (bicyclic) bond motifs is 6. The van der Waals surface area contributed by atoms with Crippen LogP contribution >= 0.6 is 11.6 Å². The van der Waals surface area contributed by atoms with Crippen molar-refractivity contribution in [3.8, 4) is 11.5 Å². The molecule has 1 N–H and O–H groups in total. The average molecular weight is 591 g/mol. The number of methoxy groups -OCH3 is 2. The third kappa shape index (κ3) is 3.78. The molecule has 3 aliphatic rings. The highest BCUT2D eigenvalue weighted by molar-refractivity contribution is 6.34. The van der Waals surface area contributed by atoms with Crippen LogP contribution in [-0.4, -0.2) is 42.6 Å².